The van der Waals surface area contributed by atoms with Crippen LogP contribution >= 0.6 is 25.5 Å². The maximum absolute atomic E-state index is 7.50. The molecule has 225 valence electrons. The first-order valence-electron chi connectivity index (χ1n) is 14.0. The number of rotatable bonds is 6. The van der Waals surface area contributed by atoms with Crippen molar-refractivity contribution in [1.82, 2.24) is 0 Å². The first kappa shape index (κ1) is 38.0. The summed E-state index contributed by atoms with van der Waals surface area (Å²) in [5, 5.41) is 8.39. The molecule has 0 fully saturated rings. The smallest absolute Gasteiger partial charge is 0.0134 e. The average molecular weight is 730 g/mol. The van der Waals surface area contributed by atoms with E-state index in [2.05, 4.69) is 212 Å². The number of hydrogen-bond donors (Lipinski definition) is 0. The third-order valence-electron chi connectivity index (χ3n) is 6.09. The van der Waals surface area contributed by atoms with Crippen LogP contribution in [0.5, 0.6) is 0 Å². The molecule has 0 aliphatic heterocycles. The summed E-state index contributed by atoms with van der Waals surface area (Å²) in [6, 6.07) is 64.7. The first-order chi connectivity index (χ1) is 22.3. The normalized spacial score (nSPS) is 9.51. The molecule has 0 amide bonds. The van der Waals surface area contributed by atoms with E-state index in [0.717, 1.165) is 0 Å². The predicted molar refractivity (Wildman–Crippen MR) is 195 cm³/mol. The Bertz CT molecular complexity index is 1250. The Morgan fingerprint density at radius 1 is 0.378 bits per heavy atom. The zero-order valence-electron chi connectivity index (χ0n) is 24.8. The molecule has 0 saturated carbocycles. The fourth-order valence-electron chi connectivity index (χ4n) is 4.36. The van der Waals surface area contributed by atoms with E-state index in [9.17, 15) is 0 Å². The third-order valence-corrected chi connectivity index (χ3v) is 11.0. The van der Waals surface area contributed by atoms with E-state index < -0.39 is 15.8 Å². The molecule has 0 saturated heterocycles. The second kappa shape index (κ2) is 24.1. The summed E-state index contributed by atoms with van der Waals surface area (Å²) < 4.78 is 7.50. The minimum absolute atomic E-state index is 0.446. The van der Waals surface area contributed by atoms with Crippen LogP contribution in [0.3, 0.4) is 0 Å². The van der Waals surface area contributed by atoms with Gasteiger partial charge in [-0.1, -0.05) is 182 Å². The molecule has 6 aromatic rings. The summed E-state index contributed by atoms with van der Waals surface area (Å²) in [6.45, 7) is 11.0. The third kappa shape index (κ3) is 13.0. The maximum Gasteiger partial charge on any atom is -0.0134 e. The number of halogens is 1. The van der Waals surface area contributed by atoms with Gasteiger partial charge in [0.15, 0.2) is 0 Å². The van der Waals surface area contributed by atoms with Crippen molar-refractivity contribution in [3.05, 3.63) is 209 Å². The van der Waals surface area contributed by atoms with Crippen molar-refractivity contribution in [3.63, 3.8) is 0 Å². The zero-order valence-corrected chi connectivity index (χ0v) is 29.1. The van der Waals surface area contributed by atoms with Gasteiger partial charge in [0.2, 0.25) is 0 Å². The van der Waals surface area contributed by atoms with Crippen LogP contribution in [0.2, 0.25) is 0 Å². The van der Waals surface area contributed by atoms with Gasteiger partial charge in [0.1, 0.15) is 0 Å². The van der Waals surface area contributed by atoms with Gasteiger partial charge in [0.25, 0.3) is 0 Å². The molecule has 0 aliphatic rings. The van der Waals surface area contributed by atoms with Crippen molar-refractivity contribution in [3.8, 4) is 0 Å². The first-order valence-corrected chi connectivity index (χ1v) is 18.9. The molecule has 1 nitrogen and oxygen atoms in total. The summed E-state index contributed by atoms with van der Waals surface area (Å²) in [6.07, 6.45) is 1.50. The van der Waals surface area contributed by atoms with Crippen molar-refractivity contribution >= 4 is 57.4 Å². The summed E-state index contributed by atoms with van der Waals surface area (Å²) in [4.78, 5) is 0. The minimum Gasteiger partial charge on any atom is -0.0622 e. The molecule has 0 aliphatic carbocycles. The minimum atomic E-state index is -0.446. The van der Waals surface area contributed by atoms with Gasteiger partial charge in [-0.25, -0.2) is 0 Å². The fourth-order valence-corrected chi connectivity index (χ4v) is 8.97. The van der Waals surface area contributed by atoms with Crippen LogP contribution < -0.4 is 31.8 Å². The standard InChI is InChI=1S/2C18H15P.C3H5.CO.ClH.Ru/c2*1-4-10-16(11-5-1)19(17-12-6-2-7-13-17)18-14-8-3-9-15-18;1-3-2;1-2;;/h2*1-15H;3H,1-2H2;;1H;/q;;;;;+2/p-1. The van der Waals surface area contributed by atoms with Crippen LogP contribution in [-0.2, 0) is 22.0 Å². The average Bonchev–Trinajstić information content (AvgIpc) is 3.14. The van der Waals surface area contributed by atoms with Gasteiger partial charge >= 0.3 is 38.3 Å². The summed E-state index contributed by atoms with van der Waals surface area (Å²) in [7, 11) is 3.68. The van der Waals surface area contributed by atoms with Crippen LogP contribution in [0, 0.1) is 26.9 Å². The Kier molecular flexibility index (Phi) is 20.4. The molecule has 6 rings (SSSR count). The van der Waals surface area contributed by atoms with Crippen LogP contribution in [0.1, 0.15) is 0 Å². The monoisotopic (exact) mass is 730 g/mol. The largest absolute Gasteiger partial charge is 0.0622 e. The zero-order chi connectivity index (χ0) is 32.5. The Hall–Kier alpha value is -3.17. The van der Waals surface area contributed by atoms with Crippen LogP contribution in [0.4, 0.5) is 0 Å². The Balaban J connectivity index is 0.000000262. The second-order valence-corrected chi connectivity index (χ2v) is 13.4. The fraction of sp³-hybridized carbons (Fsp3) is 0. The van der Waals surface area contributed by atoms with Crippen molar-refractivity contribution in [2.24, 2.45) is 0 Å². The van der Waals surface area contributed by atoms with Crippen LogP contribution in [0.25, 0.3) is 0 Å². The molecule has 5 heteroatoms. The molecule has 45 heavy (non-hydrogen) atoms. The SMILES string of the molecule is [C-]#[O+].[CH2][CH][CH2].[Cl][Ru+].c1ccc(P(c2ccccc2)c2ccccc2)cc1.c1ccc(P(c2ccccc2)c2ccccc2)cc1. The van der Waals surface area contributed by atoms with E-state index in [0.29, 0.717) is 0 Å². The van der Waals surface area contributed by atoms with Crippen molar-refractivity contribution < 1.29 is 22.0 Å². The van der Waals surface area contributed by atoms with E-state index in [1.807, 2.05) is 17.3 Å². The van der Waals surface area contributed by atoms with Gasteiger partial charge in [-0.2, -0.15) is 0 Å². The number of benzene rings is 6. The van der Waals surface area contributed by atoms with E-state index >= 15 is 0 Å². The van der Waals surface area contributed by atoms with Gasteiger partial charge in [0.05, 0.1) is 0 Å². The van der Waals surface area contributed by atoms with Crippen molar-refractivity contribution in [2.45, 2.75) is 0 Å². The van der Waals surface area contributed by atoms with Crippen molar-refractivity contribution in [1.29, 1.82) is 0 Å². The van der Waals surface area contributed by atoms with Gasteiger partial charge < -0.3 is 0 Å². The van der Waals surface area contributed by atoms with E-state index in [-0.39, 0.29) is 0 Å². The summed E-state index contributed by atoms with van der Waals surface area (Å²) >= 11 is 1.82. The molecule has 0 spiro atoms. The van der Waals surface area contributed by atoms with Crippen LogP contribution in [0.15, 0.2) is 182 Å². The van der Waals surface area contributed by atoms with E-state index in [1.54, 1.807) is 0 Å². The van der Waals surface area contributed by atoms with Crippen LogP contribution in [-0.4, -0.2) is 0 Å². The Labute approximate surface area is 286 Å². The predicted octanol–water partition coefficient (Wildman–Crippen LogP) is 8.40. The Morgan fingerprint density at radius 2 is 0.489 bits per heavy atom. The molecule has 0 heterocycles. The van der Waals surface area contributed by atoms with E-state index in [1.165, 1.54) is 38.2 Å². The molecule has 0 unspecified atom stereocenters. The van der Waals surface area contributed by atoms with Gasteiger partial charge in [-0.05, 0) is 67.9 Å². The maximum atomic E-state index is 7.50. The van der Waals surface area contributed by atoms with E-state index in [4.69, 9.17) is 4.65 Å². The molecule has 0 atom stereocenters. The van der Waals surface area contributed by atoms with Crippen molar-refractivity contribution in [2.75, 3.05) is 0 Å². The summed E-state index contributed by atoms with van der Waals surface area (Å²) in [5.41, 5.74) is 0. The van der Waals surface area contributed by atoms with Gasteiger partial charge in [0, 0.05) is 0 Å². The molecular formula is C40H35ClOP2Ru+. The second-order valence-electron chi connectivity index (χ2n) is 8.97. The van der Waals surface area contributed by atoms with Gasteiger partial charge in [-0.15, -0.1) is 0 Å². The topological polar surface area (TPSA) is 19.9 Å². The molecule has 0 N–H and O–H groups in total. The molecule has 6 aromatic carbocycles. The summed E-state index contributed by atoms with van der Waals surface area (Å²) in [5.74, 6) is 0. The molecule has 0 bridgehead atoms. The number of hydrogen-bond acceptors (Lipinski definition) is 0. The Morgan fingerprint density at radius 3 is 0.600 bits per heavy atom. The molecular weight excluding hydrogens is 695 g/mol. The quantitative estimate of drug-likeness (QED) is 0.0711. The van der Waals surface area contributed by atoms with Gasteiger partial charge in [-0.3, -0.25) is 0 Å². The molecule has 3 radical (unpaired) electrons. The molecule has 0 aromatic heterocycles.